The van der Waals surface area contributed by atoms with Crippen molar-refractivity contribution in [3.63, 3.8) is 0 Å². The monoisotopic (exact) mass is 226 g/mol. The van der Waals surface area contributed by atoms with Crippen LogP contribution in [0.15, 0.2) is 0 Å². The highest BCUT2D eigenvalue weighted by atomic mass is 16.5. The average molecular weight is 226 g/mol. The van der Waals surface area contributed by atoms with Crippen molar-refractivity contribution in [3.05, 3.63) is 0 Å². The molecule has 3 nitrogen and oxygen atoms in total. The molecule has 1 N–H and O–H groups in total. The van der Waals surface area contributed by atoms with Gasteiger partial charge in [0.05, 0.1) is 12.7 Å². The van der Waals surface area contributed by atoms with E-state index in [0.29, 0.717) is 18.2 Å². The second-order valence-corrected chi connectivity index (χ2v) is 5.69. The molecular formula is C13H26N2O. The van der Waals surface area contributed by atoms with Gasteiger partial charge in [0.25, 0.3) is 0 Å². The van der Waals surface area contributed by atoms with Crippen LogP contribution < -0.4 is 5.32 Å². The van der Waals surface area contributed by atoms with Crippen LogP contribution in [-0.4, -0.2) is 49.8 Å². The number of hydrogen-bond donors (Lipinski definition) is 1. The third kappa shape index (κ3) is 2.76. The predicted molar refractivity (Wildman–Crippen MR) is 66.6 cm³/mol. The van der Waals surface area contributed by atoms with Crippen LogP contribution >= 0.6 is 0 Å². The van der Waals surface area contributed by atoms with Gasteiger partial charge in [-0.05, 0) is 38.8 Å². The van der Waals surface area contributed by atoms with Gasteiger partial charge in [-0.15, -0.1) is 0 Å². The van der Waals surface area contributed by atoms with Crippen LogP contribution in [0.1, 0.15) is 33.1 Å². The van der Waals surface area contributed by atoms with E-state index in [4.69, 9.17) is 4.74 Å². The van der Waals surface area contributed by atoms with Crippen LogP contribution in [0.2, 0.25) is 0 Å². The van der Waals surface area contributed by atoms with Gasteiger partial charge in [0.1, 0.15) is 0 Å². The SMILES string of the molecule is CNC(CC(C)C)C1CN2CCCC2CO1. The van der Waals surface area contributed by atoms with Crippen molar-refractivity contribution in [1.82, 2.24) is 10.2 Å². The summed E-state index contributed by atoms with van der Waals surface area (Å²) >= 11 is 0. The largest absolute Gasteiger partial charge is 0.374 e. The Bertz CT molecular complexity index is 220. The van der Waals surface area contributed by atoms with E-state index in [9.17, 15) is 0 Å². The van der Waals surface area contributed by atoms with E-state index in [1.807, 2.05) is 0 Å². The zero-order chi connectivity index (χ0) is 11.5. The average Bonchev–Trinajstić information content (AvgIpc) is 2.72. The van der Waals surface area contributed by atoms with Gasteiger partial charge in [-0.1, -0.05) is 13.8 Å². The molecule has 16 heavy (non-hydrogen) atoms. The van der Waals surface area contributed by atoms with Crippen molar-refractivity contribution < 1.29 is 4.74 Å². The first-order valence-corrected chi connectivity index (χ1v) is 6.73. The Labute approximate surface area is 99.5 Å². The fourth-order valence-corrected chi connectivity index (χ4v) is 3.05. The van der Waals surface area contributed by atoms with Crippen molar-refractivity contribution in [2.75, 3.05) is 26.7 Å². The summed E-state index contributed by atoms with van der Waals surface area (Å²) in [5.41, 5.74) is 0. The molecule has 3 heteroatoms. The summed E-state index contributed by atoms with van der Waals surface area (Å²) in [4.78, 5) is 2.62. The summed E-state index contributed by atoms with van der Waals surface area (Å²) in [6.07, 6.45) is 4.29. The van der Waals surface area contributed by atoms with Crippen LogP contribution in [0.3, 0.4) is 0 Å². The second-order valence-electron chi connectivity index (χ2n) is 5.69. The van der Waals surface area contributed by atoms with Crippen molar-refractivity contribution in [3.8, 4) is 0 Å². The molecule has 0 aromatic rings. The van der Waals surface area contributed by atoms with Gasteiger partial charge in [-0.3, -0.25) is 4.90 Å². The number of nitrogens with one attached hydrogen (secondary N) is 1. The molecule has 3 atom stereocenters. The summed E-state index contributed by atoms with van der Waals surface area (Å²) < 4.78 is 6.04. The van der Waals surface area contributed by atoms with E-state index in [-0.39, 0.29) is 0 Å². The lowest BCUT2D eigenvalue weighted by Gasteiger charge is -2.39. The molecule has 2 rings (SSSR count). The van der Waals surface area contributed by atoms with Gasteiger partial charge in [-0.2, -0.15) is 0 Å². The van der Waals surface area contributed by atoms with E-state index in [1.165, 1.54) is 25.8 Å². The normalized spacial score (nSPS) is 33.0. The first kappa shape index (κ1) is 12.3. The molecule has 3 unspecified atom stereocenters. The van der Waals surface area contributed by atoms with Crippen LogP contribution in [0.4, 0.5) is 0 Å². The smallest absolute Gasteiger partial charge is 0.0855 e. The minimum Gasteiger partial charge on any atom is -0.374 e. The summed E-state index contributed by atoms with van der Waals surface area (Å²) in [6.45, 7) is 7.92. The van der Waals surface area contributed by atoms with E-state index < -0.39 is 0 Å². The molecule has 2 aliphatic rings. The molecule has 2 saturated heterocycles. The van der Waals surface area contributed by atoms with Gasteiger partial charge >= 0.3 is 0 Å². The summed E-state index contributed by atoms with van der Waals surface area (Å²) in [5.74, 6) is 0.734. The lowest BCUT2D eigenvalue weighted by Crippen LogP contribution is -2.53. The number of morpholine rings is 1. The van der Waals surface area contributed by atoms with Crippen LogP contribution in [-0.2, 0) is 4.74 Å². The summed E-state index contributed by atoms with van der Waals surface area (Å²) in [7, 11) is 2.06. The second kappa shape index (κ2) is 5.48. The highest BCUT2D eigenvalue weighted by Crippen LogP contribution is 2.25. The van der Waals surface area contributed by atoms with Crippen molar-refractivity contribution in [2.24, 2.45) is 5.92 Å². The standard InChI is InChI=1S/C13H26N2O/c1-10(2)7-12(14-3)13-8-15-6-4-5-11(15)9-16-13/h10-14H,4-9H2,1-3H3. The molecular weight excluding hydrogens is 200 g/mol. The van der Waals surface area contributed by atoms with Crippen LogP contribution in [0.5, 0.6) is 0 Å². The Morgan fingerprint density at radius 1 is 1.44 bits per heavy atom. The molecule has 0 bridgehead atoms. The first-order valence-electron chi connectivity index (χ1n) is 6.73. The molecule has 0 saturated carbocycles. The Hall–Kier alpha value is -0.120. The molecule has 0 aromatic carbocycles. The minimum absolute atomic E-state index is 0.391. The van der Waals surface area contributed by atoms with Gasteiger partial charge in [0.2, 0.25) is 0 Å². The molecule has 2 fully saturated rings. The highest BCUT2D eigenvalue weighted by Gasteiger charge is 2.35. The maximum Gasteiger partial charge on any atom is 0.0855 e. The van der Waals surface area contributed by atoms with E-state index in [2.05, 4.69) is 31.1 Å². The first-order chi connectivity index (χ1) is 7.70. The maximum absolute atomic E-state index is 6.04. The Kier molecular flexibility index (Phi) is 4.22. The highest BCUT2D eigenvalue weighted by molar-refractivity contribution is 4.89. The molecule has 2 aliphatic heterocycles. The topological polar surface area (TPSA) is 24.5 Å². The molecule has 0 aromatic heterocycles. The molecule has 0 aliphatic carbocycles. The summed E-state index contributed by atoms with van der Waals surface area (Å²) in [6, 6.07) is 1.23. The number of ether oxygens (including phenoxy) is 1. The van der Waals surface area contributed by atoms with Crippen LogP contribution in [0, 0.1) is 5.92 Å². The van der Waals surface area contributed by atoms with Crippen molar-refractivity contribution in [2.45, 2.75) is 51.3 Å². The van der Waals surface area contributed by atoms with Crippen molar-refractivity contribution in [1.29, 1.82) is 0 Å². The zero-order valence-electron chi connectivity index (χ0n) is 10.9. The van der Waals surface area contributed by atoms with Gasteiger partial charge < -0.3 is 10.1 Å². The molecule has 0 radical (unpaired) electrons. The number of nitrogens with zero attached hydrogens (tertiary/aromatic N) is 1. The molecule has 2 heterocycles. The van der Waals surface area contributed by atoms with E-state index >= 15 is 0 Å². The quantitative estimate of drug-likeness (QED) is 0.786. The third-order valence-electron chi connectivity index (χ3n) is 3.96. The molecule has 0 spiro atoms. The zero-order valence-corrected chi connectivity index (χ0v) is 10.9. The van der Waals surface area contributed by atoms with Crippen molar-refractivity contribution >= 4 is 0 Å². The third-order valence-corrected chi connectivity index (χ3v) is 3.96. The minimum atomic E-state index is 0.391. The Balaban J connectivity index is 1.88. The predicted octanol–water partition coefficient (Wildman–Crippen LogP) is 1.48. The number of hydrogen-bond acceptors (Lipinski definition) is 3. The Morgan fingerprint density at radius 2 is 2.25 bits per heavy atom. The summed E-state index contributed by atoms with van der Waals surface area (Å²) in [5, 5.41) is 3.43. The Morgan fingerprint density at radius 3 is 2.94 bits per heavy atom. The van der Waals surface area contributed by atoms with Gasteiger partial charge in [-0.25, -0.2) is 0 Å². The van der Waals surface area contributed by atoms with E-state index in [0.717, 1.165) is 19.1 Å². The number of rotatable bonds is 4. The number of likely N-dealkylation sites (N-methyl/N-ethyl adjacent to an activating group) is 1. The van der Waals surface area contributed by atoms with E-state index in [1.54, 1.807) is 0 Å². The van der Waals surface area contributed by atoms with Crippen LogP contribution in [0.25, 0.3) is 0 Å². The molecule has 0 amide bonds. The molecule has 94 valence electrons. The lowest BCUT2D eigenvalue weighted by molar-refractivity contribution is -0.0660. The lowest BCUT2D eigenvalue weighted by atomic mass is 9.97. The van der Waals surface area contributed by atoms with Gasteiger partial charge in [0, 0.05) is 18.6 Å². The fraction of sp³-hybridized carbons (Fsp3) is 1.00. The fourth-order valence-electron chi connectivity index (χ4n) is 3.05. The maximum atomic E-state index is 6.04. The number of fused-ring (bicyclic) bond motifs is 1. The van der Waals surface area contributed by atoms with Gasteiger partial charge in [0.15, 0.2) is 0 Å².